The molecule has 1 aliphatic carbocycles. The number of imide groups is 1. The van der Waals surface area contributed by atoms with Crippen LogP contribution < -0.4 is 10.6 Å². The monoisotopic (exact) mass is 390 g/mol. The zero-order valence-corrected chi connectivity index (χ0v) is 16.8. The molecular formula is C21H30N2O5. The van der Waals surface area contributed by atoms with Crippen LogP contribution in [0.25, 0.3) is 0 Å². The molecule has 0 aromatic heterocycles. The minimum Gasteiger partial charge on any atom is -0.452 e. The Kier molecular flexibility index (Phi) is 8.44. The van der Waals surface area contributed by atoms with Gasteiger partial charge < -0.3 is 14.8 Å². The number of rotatable bonds is 7. The summed E-state index contributed by atoms with van der Waals surface area (Å²) in [5.74, 6) is -0.884. The number of amides is 3. The maximum absolute atomic E-state index is 12.0. The van der Waals surface area contributed by atoms with Gasteiger partial charge in [0.1, 0.15) is 0 Å². The first-order valence-corrected chi connectivity index (χ1v) is 9.83. The summed E-state index contributed by atoms with van der Waals surface area (Å²) in [4.78, 5) is 35.8. The van der Waals surface area contributed by atoms with Crippen molar-refractivity contribution in [3.63, 3.8) is 0 Å². The van der Waals surface area contributed by atoms with E-state index in [1.54, 1.807) is 24.3 Å². The summed E-state index contributed by atoms with van der Waals surface area (Å²) in [7, 11) is 0. The van der Waals surface area contributed by atoms with Crippen LogP contribution in [0, 0.1) is 5.92 Å². The van der Waals surface area contributed by atoms with Crippen LogP contribution in [0.1, 0.15) is 62.4 Å². The predicted molar refractivity (Wildman–Crippen MR) is 105 cm³/mol. The van der Waals surface area contributed by atoms with E-state index in [4.69, 9.17) is 9.47 Å². The standard InChI is InChI=1S/C21H30N2O5/c1-14(2)27-12-16-8-10-17(11-9-16)20(25)28-13-19(24)23-21(26)22-18-7-5-4-6-15(18)3/h8-11,14-15,18H,4-7,12-13H2,1-3H3,(H2,22,23,24,26)/t15-,18-/m1/s1. The molecule has 0 radical (unpaired) electrons. The molecule has 1 aromatic rings. The Morgan fingerprint density at radius 1 is 1.11 bits per heavy atom. The van der Waals surface area contributed by atoms with E-state index in [-0.39, 0.29) is 12.1 Å². The molecule has 2 atom stereocenters. The highest BCUT2D eigenvalue weighted by Crippen LogP contribution is 2.23. The summed E-state index contributed by atoms with van der Waals surface area (Å²) in [5.41, 5.74) is 1.28. The number of hydrogen-bond acceptors (Lipinski definition) is 5. The lowest BCUT2D eigenvalue weighted by molar-refractivity contribution is -0.123. The quantitative estimate of drug-likeness (QED) is 0.698. The van der Waals surface area contributed by atoms with Crippen LogP contribution in [0.5, 0.6) is 0 Å². The van der Waals surface area contributed by atoms with Crippen LogP contribution >= 0.6 is 0 Å². The van der Waals surface area contributed by atoms with Gasteiger partial charge in [-0.25, -0.2) is 9.59 Å². The average molecular weight is 390 g/mol. The fourth-order valence-electron chi connectivity index (χ4n) is 3.11. The minimum absolute atomic E-state index is 0.0716. The van der Waals surface area contributed by atoms with Gasteiger partial charge in [-0.05, 0) is 50.3 Å². The maximum atomic E-state index is 12.0. The van der Waals surface area contributed by atoms with E-state index in [0.29, 0.717) is 18.1 Å². The molecule has 28 heavy (non-hydrogen) atoms. The zero-order valence-electron chi connectivity index (χ0n) is 16.8. The fraction of sp³-hybridized carbons (Fsp3) is 0.571. The lowest BCUT2D eigenvalue weighted by atomic mass is 9.86. The third kappa shape index (κ3) is 7.31. The van der Waals surface area contributed by atoms with Crippen LogP contribution in [0.3, 0.4) is 0 Å². The lowest BCUT2D eigenvalue weighted by Crippen LogP contribution is -2.48. The van der Waals surface area contributed by atoms with Gasteiger partial charge in [0, 0.05) is 6.04 Å². The third-order valence-corrected chi connectivity index (χ3v) is 4.79. The first kappa shape index (κ1) is 21.9. The van der Waals surface area contributed by atoms with Gasteiger partial charge in [0.25, 0.3) is 5.91 Å². The molecule has 2 N–H and O–H groups in total. The molecule has 0 aliphatic heterocycles. The molecule has 3 amide bonds. The van der Waals surface area contributed by atoms with Crippen molar-refractivity contribution in [2.75, 3.05) is 6.61 Å². The summed E-state index contributed by atoms with van der Waals surface area (Å²) < 4.78 is 10.5. The van der Waals surface area contributed by atoms with Crippen LogP contribution in [-0.2, 0) is 20.9 Å². The van der Waals surface area contributed by atoms with Crippen LogP contribution in [-0.4, -0.2) is 36.7 Å². The fourth-order valence-corrected chi connectivity index (χ4v) is 3.11. The maximum Gasteiger partial charge on any atom is 0.338 e. The Hall–Kier alpha value is -2.41. The molecule has 1 aliphatic rings. The molecule has 7 nitrogen and oxygen atoms in total. The molecule has 0 heterocycles. The van der Waals surface area contributed by atoms with Crippen molar-refractivity contribution in [1.82, 2.24) is 10.6 Å². The van der Waals surface area contributed by atoms with E-state index in [0.717, 1.165) is 24.8 Å². The molecule has 0 spiro atoms. The SMILES string of the molecule is CC(C)OCc1ccc(C(=O)OCC(=O)NC(=O)N[C@@H]2CCCC[C@H]2C)cc1. The summed E-state index contributed by atoms with van der Waals surface area (Å²) >= 11 is 0. The Morgan fingerprint density at radius 2 is 1.79 bits per heavy atom. The van der Waals surface area contributed by atoms with Gasteiger partial charge in [-0.2, -0.15) is 0 Å². The predicted octanol–water partition coefficient (Wildman–Crippen LogP) is 3.17. The van der Waals surface area contributed by atoms with Gasteiger partial charge in [0.05, 0.1) is 18.3 Å². The molecule has 154 valence electrons. The molecule has 0 bridgehead atoms. The van der Waals surface area contributed by atoms with Gasteiger partial charge in [-0.15, -0.1) is 0 Å². The van der Waals surface area contributed by atoms with Gasteiger partial charge in [0.15, 0.2) is 6.61 Å². The molecular weight excluding hydrogens is 360 g/mol. The normalized spacial score (nSPS) is 19.1. The number of nitrogens with one attached hydrogen (secondary N) is 2. The second kappa shape index (κ2) is 10.8. The van der Waals surface area contributed by atoms with Crippen molar-refractivity contribution in [1.29, 1.82) is 0 Å². The topological polar surface area (TPSA) is 93.7 Å². The van der Waals surface area contributed by atoms with Crippen LogP contribution in [0.15, 0.2) is 24.3 Å². The Morgan fingerprint density at radius 3 is 2.43 bits per heavy atom. The van der Waals surface area contributed by atoms with Gasteiger partial charge in [0.2, 0.25) is 0 Å². The number of esters is 1. The Balaban J connectivity index is 1.72. The van der Waals surface area contributed by atoms with E-state index >= 15 is 0 Å². The summed E-state index contributed by atoms with van der Waals surface area (Å²) in [5, 5.41) is 5.03. The summed E-state index contributed by atoms with van der Waals surface area (Å²) in [6.45, 7) is 5.95. The minimum atomic E-state index is -0.656. The number of carbonyl (C=O) groups is 3. The van der Waals surface area contributed by atoms with Crippen LogP contribution in [0.4, 0.5) is 4.79 Å². The number of ether oxygens (including phenoxy) is 2. The van der Waals surface area contributed by atoms with E-state index in [1.165, 1.54) is 6.42 Å². The van der Waals surface area contributed by atoms with Crippen LogP contribution in [0.2, 0.25) is 0 Å². The van der Waals surface area contributed by atoms with Crippen molar-refractivity contribution in [3.05, 3.63) is 35.4 Å². The number of urea groups is 1. The number of carbonyl (C=O) groups excluding carboxylic acids is 3. The van der Waals surface area contributed by atoms with Crippen molar-refractivity contribution in [2.24, 2.45) is 5.92 Å². The Labute approximate surface area is 166 Å². The lowest BCUT2D eigenvalue weighted by Gasteiger charge is -2.29. The highest BCUT2D eigenvalue weighted by molar-refractivity contribution is 5.97. The van der Waals surface area contributed by atoms with Crippen molar-refractivity contribution in [3.8, 4) is 0 Å². The average Bonchev–Trinajstić information content (AvgIpc) is 2.66. The van der Waals surface area contributed by atoms with Crippen molar-refractivity contribution >= 4 is 17.9 Å². The largest absolute Gasteiger partial charge is 0.452 e. The van der Waals surface area contributed by atoms with Crippen molar-refractivity contribution < 1.29 is 23.9 Å². The van der Waals surface area contributed by atoms with Gasteiger partial charge in [-0.3, -0.25) is 10.1 Å². The van der Waals surface area contributed by atoms with E-state index < -0.39 is 24.5 Å². The second-order valence-electron chi connectivity index (χ2n) is 7.52. The zero-order chi connectivity index (χ0) is 20.5. The first-order chi connectivity index (χ1) is 13.3. The van der Waals surface area contributed by atoms with Crippen molar-refractivity contribution in [2.45, 2.75) is 65.2 Å². The Bertz CT molecular complexity index is 672. The van der Waals surface area contributed by atoms with Gasteiger partial charge >= 0.3 is 12.0 Å². The number of hydrogen-bond donors (Lipinski definition) is 2. The highest BCUT2D eigenvalue weighted by atomic mass is 16.5. The molecule has 1 saturated carbocycles. The molecule has 1 aromatic carbocycles. The third-order valence-electron chi connectivity index (χ3n) is 4.79. The smallest absolute Gasteiger partial charge is 0.338 e. The van der Waals surface area contributed by atoms with E-state index in [1.807, 2.05) is 13.8 Å². The van der Waals surface area contributed by atoms with E-state index in [9.17, 15) is 14.4 Å². The second-order valence-corrected chi connectivity index (χ2v) is 7.52. The molecule has 0 saturated heterocycles. The molecule has 7 heteroatoms. The van der Waals surface area contributed by atoms with E-state index in [2.05, 4.69) is 17.6 Å². The summed E-state index contributed by atoms with van der Waals surface area (Å²) in [6, 6.07) is 6.32. The molecule has 2 rings (SSSR count). The number of benzene rings is 1. The molecule has 0 unspecified atom stereocenters. The highest BCUT2D eigenvalue weighted by Gasteiger charge is 2.23. The first-order valence-electron chi connectivity index (χ1n) is 9.83. The van der Waals surface area contributed by atoms with Gasteiger partial charge in [-0.1, -0.05) is 31.9 Å². The molecule has 1 fully saturated rings. The summed E-state index contributed by atoms with van der Waals surface area (Å²) in [6.07, 6.45) is 4.35.